The second-order valence-electron chi connectivity index (χ2n) is 10.7. The Balaban J connectivity index is 1.24. The van der Waals surface area contributed by atoms with Crippen LogP contribution in [0.4, 0.5) is 0 Å². The Bertz CT molecular complexity index is 1080. The third-order valence-electron chi connectivity index (χ3n) is 7.91. The van der Waals surface area contributed by atoms with E-state index in [2.05, 4.69) is 19.1 Å². The number of carbonyl (C=O) groups is 2. The van der Waals surface area contributed by atoms with Crippen LogP contribution >= 0.6 is 0 Å². The van der Waals surface area contributed by atoms with E-state index in [-0.39, 0.29) is 0 Å². The highest BCUT2D eigenvalue weighted by atomic mass is 16.8. The van der Waals surface area contributed by atoms with Crippen molar-refractivity contribution >= 4 is 11.9 Å². The molecule has 1 aliphatic carbocycles. The summed E-state index contributed by atoms with van der Waals surface area (Å²) in [6.45, 7) is 2.85. The van der Waals surface area contributed by atoms with Gasteiger partial charge in [-0.25, -0.2) is 9.59 Å². The SMILES string of the molecule is CCCCCC1CCC(/C=C/COc2ccc(-c3ccc(C4O[C@@H](C(=O)OC)[C@H](C(=O)OC)O4)cc3)cc2)CC1. The standard InChI is InChI=1S/C33H42O7/c1-4-5-6-8-23-10-12-24(13-11-23)9-7-22-38-28-20-18-26(19-21-28)25-14-16-27(17-15-25)33-39-29(31(34)36-2)30(40-33)32(35)37-3/h7,9,14-21,23-24,29-30,33H,4-6,8,10-13,22H2,1-3H3/b9-7+/t23?,24?,29-,30-/m1/s1. The second-order valence-corrected chi connectivity index (χ2v) is 10.7. The molecule has 2 aliphatic rings. The van der Waals surface area contributed by atoms with Gasteiger partial charge in [-0.2, -0.15) is 0 Å². The minimum atomic E-state index is -1.18. The zero-order valence-electron chi connectivity index (χ0n) is 23.9. The molecule has 1 aliphatic heterocycles. The summed E-state index contributed by atoms with van der Waals surface area (Å²) in [5.74, 6) is 1.08. The molecule has 0 amide bonds. The van der Waals surface area contributed by atoms with Crippen molar-refractivity contribution in [2.24, 2.45) is 11.8 Å². The van der Waals surface area contributed by atoms with Gasteiger partial charge >= 0.3 is 11.9 Å². The molecule has 2 aromatic rings. The van der Waals surface area contributed by atoms with E-state index in [0.717, 1.165) is 22.8 Å². The summed E-state index contributed by atoms with van der Waals surface area (Å²) in [6, 6.07) is 15.6. The molecule has 4 rings (SSSR count). The molecule has 0 N–H and O–H groups in total. The van der Waals surface area contributed by atoms with Gasteiger partial charge in [0.2, 0.25) is 0 Å². The molecule has 2 atom stereocenters. The number of methoxy groups -OCH3 is 2. The van der Waals surface area contributed by atoms with E-state index in [0.29, 0.717) is 18.1 Å². The van der Waals surface area contributed by atoms with Crippen LogP contribution in [-0.4, -0.2) is 45.0 Å². The molecular formula is C33H42O7. The quantitative estimate of drug-likeness (QED) is 0.163. The van der Waals surface area contributed by atoms with E-state index in [4.69, 9.17) is 23.7 Å². The predicted molar refractivity (Wildman–Crippen MR) is 153 cm³/mol. The largest absolute Gasteiger partial charge is 0.490 e. The summed E-state index contributed by atoms with van der Waals surface area (Å²) in [5.41, 5.74) is 2.73. The molecule has 0 aromatic heterocycles. The summed E-state index contributed by atoms with van der Waals surface area (Å²) in [4.78, 5) is 24.1. The zero-order chi connectivity index (χ0) is 28.3. The fourth-order valence-electron chi connectivity index (χ4n) is 5.51. The van der Waals surface area contributed by atoms with Crippen LogP contribution in [0.15, 0.2) is 60.7 Å². The van der Waals surface area contributed by atoms with Crippen molar-refractivity contribution in [1.29, 1.82) is 0 Å². The van der Waals surface area contributed by atoms with Crippen LogP contribution in [0.1, 0.15) is 70.1 Å². The molecule has 0 unspecified atom stereocenters. The Labute approximate surface area is 237 Å². The van der Waals surface area contributed by atoms with Gasteiger partial charge in [-0.15, -0.1) is 0 Å². The average Bonchev–Trinajstić information content (AvgIpc) is 3.45. The van der Waals surface area contributed by atoms with Crippen LogP contribution in [0, 0.1) is 11.8 Å². The van der Waals surface area contributed by atoms with E-state index in [1.54, 1.807) is 0 Å². The maximum atomic E-state index is 12.0. The average molecular weight is 551 g/mol. The smallest absolute Gasteiger partial charge is 0.338 e. The molecule has 0 radical (unpaired) electrons. The Morgan fingerprint density at radius 2 is 1.40 bits per heavy atom. The molecule has 7 nitrogen and oxygen atoms in total. The third-order valence-corrected chi connectivity index (χ3v) is 7.91. The lowest BCUT2D eigenvalue weighted by Gasteiger charge is -2.26. The van der Waals surface area contributed by atoms with Crippen molar-refractivity contribution in [2.75, 3.05) is 20.8 Å². The van der Waals surface area contributed by atoms with Crippen LogP contribution in [0.2, 0.25) is 0 Å². The summed E-state index contributed by atoms with van der Waals surface area (Å²) < 4.78 is 26.8. The molecule has 7 heteroatoms. The molecule has 1 saturated carbocycles. The molecule has 40 heavy (non-hydrogen) atoms. The summed E-state index contributed by atoms with van der Waals surface area (Å²) >= 11 is 0. The second kappa shape index (κ2) is 15.0. The van der Waals surface area contributed by atoms with Crippen molar-refractivity contribution in [2.45, 2.75) is 76.8 Å². The van der Waals surface area contributed by atoms with Gasteiger partial charge in [0.25, 0.3) is 0 Å². The monoisotopic (exact) mass is 550 g/mol. The Morgan fingerprint density at radius 3 is 1.95 bits per heavy atom. The molecule has 216 valence electrons. The van der Waals surface area contributed by atoms with E-state index in [9.17, 15) is 9.59 Å². The van der Waals surface area contributed by atoms with E-state index in [1.165, 1.54) is 65.6 Å². The van der Waals surface area contributed by atoms with E-state index in [1.807, 2.05) is 48.5 Å². The van der Waals surface area contributed by atoms with Gasteiger partial charge in [0.15, 0.2) is 18.5 Å². The number of hydrogen-bond donors (Lipinski definition) is 0. The molecule has 1 saturated heterocycles. The Morgan fingerprint density at radius 1 is 0.825 bits per heavy atom. The first-order valence-corrected chi connectivity index (χ1v) is 14.5. The molecule has 0 bridgehead atoms. The predicted octanol–water partition coefficient (Wildman–Crippen LogP) is 6.80. The van der Waals surface area contributed by atoms with Crippen molar-refractivity contribution in [3.05, 3.63) is 66.2 Å². The number of unbranched alkanes of at least 4 members (excludes halogenated alkanes) is 2. The van der Waals surface area contributed by atoms with Gasteiger partial charge in [0.05, 0.1) is 14.2 Å². The minimum Gasteiger partial charge on any atom is -0.490 e. The maximum Gasteiger partial charge on any atom is 0.338 e. The highest BCUT2D eigenvalue weighted by molar-refractivity contribution is 5.86. The molecule has 2 fully saturated rings. The minimum absolute atomic E-state index is 0.574. The summed E-state index contributed by atoms with van der Waals surface area (Å²) in [6.07, 6.45) is 12.1. The third kappa shape index (κ3) is 7.95. The van der Waals surface area contributed by atoms with Crippen LogP contribution in [0.25, 0.3) is 11.1 Å². The number of benzene rings is 2. The lowest BCUT2D eigenvalue weighted by Crippen LogP contribution is -2.38. The van der Waals surface area contributed by atoms with Crippen LogP contribution in [0.5, 0.6) is 5.75 Å². The molecule has 0 spiro atoms. The number of allylic oxidation sites excluding steroid dienone is 1. The van der Waals surface area contributed by atoms with Gasteiger partial charge in [-0.1, -0.05) is 81.2 Å². The van der Waals surface area contributed by atoms with Crippen molar-refractivity contribution < 1.29 is 33.3 Å². The van der Waals surface area contributed by atoms with Crippen LogP contribution in [0.3, 0.4) is 0 Å². The topological polar surface area (TPSA) is 80.3 Å². The highest BCUT2D eigenvalue weighted by Crippen LogP contribution is 2.34. The number of ether oxygens (including phenoxy) is 5. The first-order valence-electron chi connectivity index (χ1n) is 14.5. The number of carbonyl (C=O) groups excluding carboxylic acids is 2. The van der Waals surface area contributed by atoms with Crippen molar-refractivity contribution in [1.82, 2.24) is 0 Å². The lowest BCUT2D eigenvalue weighted by molar-refractivity contribution is -0.160. The fourth-order valence-corrected chi connectivity index (χ4v) is 5.51. The first-order chi connectivity index (χ1) is 19.5. The summed E-state index contributed by atoms with van der Waals surface area (Å²) in [7, 11) is 2.47. The number of rotatable bonds is 12. The first kappa shape index (κ1) is 29.8. The number of hydrogen-bond acceptors (Lipinski definition) is 7. The van der Waals surface area contributed by atoms with Gasteiger partial charge in [-0.3, -0.25) is 0 Å². The normalized spacial score (nSPS) is 23.3. The molecule has 2 aromatic carbocycles. The van der Waals surface area contributed by atoms with Gasteiger partial charge in [-0.05, 0) is 60.8 Å². The maximum absolute atomic E-state index is 12.0. The van der Waals surface area contributed by atoms with E-state index >= 15 is 0 Å². The van der Waals surface area contributed by atoms with Crippen molar-refractivity contribution in [3.8, 4) is 16.9 Å². The molecular weight excluding hydrogens is 508 g/mol. The van der Waals surface area contributed by atoms with Crippen molar-refractivity contribution in [3.63, 3.8) is 0 Å². The number of esters is 2. The fraction of sp³-hybridized carbons (Fsp3) is 0.515. The van der Waals surface area contributed by atoms with Gasteiger partial charge in [0, 0.05) is 5.56 Å². The Kier molecular flexibility index (Phi) is 11.2. The van der Waals surface area contributed by atoms with Gasteiger partial charge < -0.3 is 23.7 Å². The highest BCUT2D eigenvalue weighted by Gasteiger charge is 2.47. The zero-order valence-corrected chi connectivity index (χ0v) is 23.9. The van der Waals surface area contributed by atoms with Crippen LogP contribution in [-0.2, 0) is 28.5 Å². The lowest BCUT2D eigenvalue weighted by atomic mass is 9.79. The Hall–Kier alpha value is -3.16. The molecule has 1 heterocycles. The van der Waals surface area contributed by atoms with Gasteiger partial charge in [0.1, 0.15) is 12.4 Å². The summed E-state index contributed by atoms with van der Waals surface area (Å²) in [5, 5.41) is 0. The van der Waals surface area contributed by atoms with Crippen LogP contribution < -0.4 is 4.74 Å². The van der Waals surface area contributed by atoms with E-state index < -0.39 is 30.4 Å².